The Morgan fingerprint density at radius 3 is 1.80 bits per heavy atom. The molecule has 3 aromatic heterocycles. The third-order valence-electron chi connectivity index (χ3n) is 2.95. The Morgan fingerprint density at radius 1 is 0.960 bits per heavy atom. The zero-order chi connectivity index (χ0) is 17.6. The summed E-state index contributed by atoms with van der Waals surface area (Å²) in [7, 11) is 0. The van der Waals surface area contributed by atoms with E-state index in [-0.39, 0.29) is 27.7 Å². The third-order valence-corrected chi connectivity index (χ3v) is 4.77. The van der Waals surface area contributed by atoms with Gasteiger partial charge in [-0.1, -0.05) is 12.1 Å². The second-order valence-electron chi connectivity index (χ2n) is 4.59. The Bertz CT molecular complexity index is 995. The number of allylic oxidation sites excluding steroid dienone is 2. The number of nitrogens with zero attached hydrogens (tertiary/aromatic N) is 4. The van der Waals surface area contributed by atoms with Gasteiger partial charge in [-0.3, -0.25) is 0 Å². The van der Waals surface area contributed by atoms with Gasteiger partial charge in [-0.25, -0.2) is 0 Å². The van der Waals surface area contributed by atoms with Crippen molar-refractivity contribution in [1.82, 2.24) is 9.97 Å². The molecule has 0 aliphatic rings. The van der Waals surface area contributed by atoms with Gasteiger partial charge in [0.25, 0.3) is 0 Å². The van der Waals surface area contributed by atoms with Crippen LogP contribution >= 0.6 is 34.9 Å². The second-order valence-corrected chi connectivity index (χ2v) is 6.91. The monoisotopic (exact) mass is 380 g/mol. The Morgan fingerprint density at radius 2 is 1.44 bits per heavy atom. The van der Waals surface area contributed by atoms with E-state index >= 15 is 0 Å². The van der Waals surface area contributed by atoms with Crippen LogP contribution in [0.25, 0.3) is 23.3 Å². The van der Waals surface area contributed by atoms with Crippen molar-refractivity contribution in [3.63, 3.8) is 0 Å². The van der Waals surface area contributed by atoms with E-state index < -0.39 is 0 Å². The molecule has 0 atom stereocenters. The Hall–Kier alpha value is -2.91. The van der Waals surface area contributed by atoms with Crippen LogP contribution in [0.1, 0.15) is 21.5 Å². The molecule has 0 N–H and O–H groups in total. The second kappa shape index (κ2) is 7.77. The van der Waals surface area contributed by atoms with Gasteiger partial charge in [0.05, 0.1) is 0 Å². The summed E-state index contributed by atoms with van der Waals surface area (Å²) in [5.41, 5.74) is 0.427. The van der Waals surface area contributed by atoms with E-state index in [4.69, 9.17) is 16.6 Å². The lowest BCUT2D eigenvalue weighted by Gasteiger charge is -2.01. The fourth-order valence-electron chi connectivity index (χ4n) is 1.88. The highest BCUT2D eigenvalue weighted by Gasteiger charge is 2.13. The topological polar surface area (TPSA) is 86.5 Å². The number of nitriles is 2. The Labute approximate surface area is 156 Å². The first-order valence-electron chi connectivity index (χ1n) is 6.90. The van der Waals surface area contributed by atoms with Crippen molar-refractivity contribution in [2.24, 2.45) is 0 Å². The van der Waals surface area contributed by atoms with Gasteiger partial charge in [0.1, 0.15) is 23.3 Å². The molecule has 0 aliphatic carbocycles. The molecule has 0 aliphatic heterocycles. The van der Waals surface area contributed by atoms with Crippen molar-refractivity contribution in [3.8, 4) is 12.1 Å². The fraction of sp³-hybridized carbons (Fsp3) is 0. The van der Waals surface area contributed by atoms with Crippen LogP contribution in [0.5, 0.6) is 0 Å². The van der Waals surface area contributed by atoms with Gasteiger partial charge in [-0.2, -0.15) is 20.5 Å². The highest BCUT2D eigenvalue weighted by atomic mass is 32.1. The molecule has 0 unspecified atom stereocenters. The number of thiophene rings is 2. The van der Waals surface area contributed by atoms with E-state index in [2.05, 4.69) is 22.1 Å². The predicted molar refractivity (Wildman–Crippen MR) is 101 cm³/mol. The largest absolute Gasteiger partial charge is 0.418 e. The Balaban J connectivity index is 2.08. The quantitative estimate of drug-likeness (QED) is 0.465. The van der Waals surface area contributed by atoms with Crippen molar-refractivity contribution in [3.05, 3.63) is 61.3 Å². The van der Waals surface area contributed by atoms with E-state index in [0.29, 0.717) is 0 Å². The summed E-state index contributed by atoms with van der Waals surface area (Å²) in [5, 5.41) is 22.6. The number of rotatable bonds is 4. The maximum absolute atomic E-state index is 9.42. The van der Waals surface area contributed by atoms with Gasteiger partial charge in [0.2, 0.25) is 16.6 Å². The molecule has 0 aromatic carbocycles. The predicted octanol–water partition coefficient (Wildman–Crippen LogP) is 5.05. The van der Waals surface area contributed by atoms with E-state index in [9.17, 15) is 10.5 Å². The first-order valence-corrected chi connectivity index (χ1v) is 9.07. The molecule has 0 saturated carbocycles. The van der Waals surface area contributed by atoms with Gasteiger partial charge in [-0.05, 0) is 47.3 Å². The smallest absolute Gasteiger partial charge is 0.242 e. The van der Waals surface area contributed by atoms with Crippen molar-refractivity contribution in [2.75, 3.05) is 0 Å². The van der Waals surface area contributed by atoms with Gasteiger partial charge < -0.3 is 4.42 Å². The number of hydrogen-bond donors (Lipinski definition) is 0. The van der Waals surface area contributed by atoms with E-state index in [1.807, 2.05) is 35.0 Å². The lowest BCUT2D eigenvalue weighted by molar-refractivity contribution is 0.474. The first-order chi connectivity index (χ1) is 12.2. The van der Waals surface area contributed by atoms with Crippen molar-refractivity contribution in [2.45, 2.75) is 0 Å². The highest BCUT2D eigenvalue weighted by Crippen LogP contribution is 2.23. The maximum Gasteiger partial charge on any atom is 0.242 e. The average Bonchev–Trinajstić information content (AvgIpc) is 3.30. The van der Waals surface area contributed by atoms with E-state index in [1.54, 1.807) is 12.2 Å². The SMILES string of the molecule is N#C/C(=C\c1cccs1)c1nc(=S)nc(/C(C#N)=C/c2cccs2)o1. The third kappa shape index (κ3) is 4.14. The van der Waals surface area contributed by atoms with Crippen LogP contribution in [0.4, 0.5) is 0 Å². The van der Waals surface area contributed by atoms with Crippen LogP contribution in [0.15, 0.2) is 39.4 Å². The molecule has 0 radical (unpaired) electrons. The summed E-state index contributed by atoms with van der Waals surface area (Å²) >= 11 is 8.03. The zero-order valence-electron chi connectivity index (χ0n) is 12.5. The number of aromatic nitrogens is 2. The first kappa shape index (κ1) is 16.9. The molecular weight excluding hydrogens is 372 g/mol. The van der Waals surface area contributed by atoms with Gasteiger partial charge >= 0.3 is 0 Å². The molecule has 3 aromatic rings. The minimum atomic E-state index is 0.0101. The van der Waals surface area contributed by atoms with Crippen LogP contribution < -0.4 is 0 Å². The van der Waals surface area contributed by atoms with Crippen molar-refractivity contribution < 1.29 is 4.42 Å². The van der Waals surface area contributed by atoms with E-state index in [0.717, 1.165) is 9.75 Å². The minimum Gasteiger partial charge on any atom is -0.418 e. The summed E-state index contributed by atoms with van der Waals surface area (Å²) in [4.78, 5) is 9.80. The zero-order valence-corrected chi connectivity index (χ0v) is 15.0. The van der Waals surface area contributed by atoms with Crippen LogP contribution in [-0.2, 0) is 0 Å². The number of hydrogen-bond acceptors (Lipinski definition) is 8. The van der Waals surface area contributed by atoms with Gasteiger partial charge in [0.15, 0.2) is 0 Å². The molecule has 25 heavy (non-hydrogen) atoms. The molecule has 120 valence electrons. The standard InChI is InChI=1S/C17H8N4OS3/c18-9-11(7-13-3-1-5-24-13)15-20-17(23)21-16(22-15)12(10-19)8-14-4-2-6-25-14/h1-8H/b11-7+,12-8+. The molecule has 0 spiro atoms. The lowest BCUT2D eigenvalue weighted by atomic mass is 10.2. The molecular formula is C17H8N4OS3. The highest BCUT2D eigenvalue weighted by molar-refractivity contribution is 7.71. The molecule has 0 amide bonds. The van der Waals surface area contributed by atoms with Crippen LogP contribution in [0, 0.1) is 27.4 Å². The Kier molecular flexibility index (Phi) is 5.26. The van der Waals surface area contributed by atoms with E-state index in [1.165, 1.54) is 22.7 Å². The van der Waals surface area contributed by atoms with Crippen LogP contribution in [0.2, 0.25) is 0 Å². The van der Waals surface area contributed by atoms with Crippen molar-refractivity contribution >= 4 is 58.2 Å². The molecule has 0 saturated heterocycles. The normalized spacial score (nSPS) is 11.8. The summed E-state index contributed by atoms with van der Waals surface area (Å²) in [6.45, 7) is 0. The van der Waals surface area contributed by atoms with Crippen LogP contribution in [-0.4, -0.2) is 9.97 Å². The molecule has 3 heterocycles. The maximum atomic E-state index is 9.42. The van der Waals surface area contributed by atoms with Gasteiger partial charge in [0, 0.05) is 9.75 Å². The van der Waals surface area contributed by atoms with Crippen LogP contribution in [0.3, 0.4) is 0 Å². The summed E-state index contributed by atoms with van der Waals surface area (Å²) < 4.78 is 5.61. The molecule has 0 fully saturated rings. The molecule has 5 nitrogen and oxygen atoms in total. The summed E-state index contributed by atoms with van der Waals surface area (Å²) in [5.74, 6) is 0.0801. The molecule has 3 rings (SSSR count). The average molecular weight is 380 g/mol. The molecule has 8 heteroatoms. The minimum absolute atomic E-state index is 0.0101. The van der Waals surface area contributed by atoms with Gasteiger partial charge in [-0.15, -0.1) is 22.7 Å². The fourth-order valence-corrected chi connectivity index (χ4v) is 3.36. The summed E-state index contributed by atoms with van der Waals surface area (Å²) in [6, 6.07) is 11.6. The molecule has 0 bridgehead atoms. The van der Waals surface area contributed by atoms with Crippen molar-refractivity contribution in [1.29, 1.82) is 10.5 Å². The summed E-state index contributed by atoms with van der Waals surface area (Å²) in [6.07, 6.45) is 3.31. The lowest BCUT2D eigenvalue weighted by Crippen LogP contribution is -1.96.